The summed E-state index contributed by atoms with van der Waals surface area (Å²) in [4.78, 5) is 12.3. The van der Waals surface area contributed by atoms with Gasteiger partial charge in [0.05, 0.1) is 0 Å². The summed E-state index contributed by atoms with van der Waals surface area (Å²) in [6.45, 7) is 2.41. The van der Waals surface area contributed by atoms with Crippen LogP contribution in [0.15, 0.2) is 24.3 Å². The van der Waals surface area contributed by atoms with Crippen LogP contribution in [0.5, 0.6) is 0 Å². The molecule has 0 saturated heterocycles. The molecule has 0 heterocycles. The van der Waals surface area contributed by atoms with Gasteiger partial charge in [-0.3, -0.25) is 4.79 Å². The Kier molecular flexibility index (Phi) is 5.09. The minimum absolute atomic E-state index is 0.152. The Morgan fingerprint density at radius 3 is 2.95 bits per heavy atom. The minimum atomic E-state index is -0.456. The molecule has 108 valence electrons. The maximum Gasteiger partial charge on any atom is 0.253 e. The second-order valence-corrected chi connectivity index (χ2v) is 5.62. The molecular weight excluding hydrogens is 272 g/mol. The Hall–Kier alpha value is -1.46. The van der Waals surface area contributed by atoms with Gasteiger partial charge in [-0.1, -0.05) is 37.2 Å². The van der Waals surface area contributed by atoms with Crippen molar-refractivity contribution in [2.45, 2.75) is 32.3 Å². The van der Waals surface area contributed by atoms with Gasteiger partial charge >= 0.3 is 0 Å². The molecule has 1 unspecified atom stereocenters. The molecule has 1 saturated carbocycles. The van der Waals surface area contributed by atoms with E-state index >= 15 is 0 Å². The first kappa shape index (κ1) is 14.9. The molecule has 20 heavy (non-hydrogen) atoms. The first-order valence-electron chi connectivity index (χ1n) is 6.88. The highest BCUT2D eigenvalue weighted by Crippen LogP contribution is 2.32. The van der Waals surface area contributed by atoms with Gasteiger partial charge < -0.3 is 15.8 Å². The molecule has 4 nitrogen and oxygen atoms in total. The third-order valence-corrected chi connectivity index (χ3v) is 3.61. The van der Waals surface area contributed by atoms with E-state index in [0.717, 1.165) is 17.9 Å². The van der Waals surface area contributed by atoms with Crippen molar-refractivity contribution in [3.05, 3.63) is 29.8 Å². The Bertz CT molecular complexity index is 500. The Balaban J connectivity index is 1.82. The maximum absolute atomic E-state index is 12.0. The molecule has 0 bridgehead atoms. The molecule has 1 fully saturated rings. The number of rotatable bonds is 7. The number of thiocarbonyl (C=S) groups is 1. The van der Waals surface area contributed by atoms with Gasteiger partial charge in [0.25, 0.3) is 5.91 Å². The lowest BCUT2D eigenvalue weighted by Gasteiger charge is -2.13. The average molecular weight is 292 g/mol. The van der Waals surface area contributed by atoms with E-state index in [1.165, 1.54) is 12.8 Å². The smallest absolute Gasteiger partial charge is 0.253 e. The lowest BCUT2D eigenvalue weighted by molar-refractivity contribution is -0.126. The Morgan fingerprint density at radius 1 is 1.55 bits per heavy atom. The number of nitrogens with two attached hydrogens (primary N) is 1. The number of ether oxygens (including phenoxy) is 1. The molecule has 0 aliphatic heterocycles. The fraction of sp³-hybridized carbons (Fsp3) is 0.467. The van der Waals surface area contributed by atoms with Gasteiger partial charge in [-0.25, -0.2) is 0 Å². The van der Waals surface area contributed by atoms with Crippen LogP contribution in [0.2, 0.25) is 0 Å². The molecule has 0 aromatic heterocycles. The summed E-state index contributed by atoms with van der Waals surface area (Å²) in [6.07, 6.45) is 3.20. The van der Waals surface area contributed by atoms with Gasteiger partial charge in [-0.2, -0.15) is 0 Å². The van der Waals surface area contributed by atoms with Crippen molar-refractivity contribution in [1.29, 1.82) is 0 Å². The molecule has 1 aromatic carbocycles. The highest BCUT2D eigenvalue weighted by atomic mass is 32.1. The summed E-state index contributed by atoms with van der Waals surface area (Å²) in [5, 5.41) is 2.81. The monoisotopic (exact) mass is 292 g/mol. The van der Waals surface area contributed by atoms with Gasteiger partial charge in [0.15, 0.2) is 0 Å². The summed E-state index contributed by atoms with van der Waals surface area (Å²) >= 11 is 4.91. The SMILES string of the molecule is CC(OCCC1CC1)C(=O)Nc1cccc(C(N)=S)c1. The van der Waals surface area contributed by atoms with E-state index in [0.29, 0.717) is 17.3 Å². The van der Waals surface area contributed by atoms with E-state index in [9.17, 15) is 4.79 Å². The second kappa shape index (κ2) is 6.81. The lowest BCUT2D eigenvalue weighted by Crippen LogP contribution is -2.28. The van der Waals surface area contributed by atoms with Crippen molar-refractivity contribution in [1.82, 2.24) is 0 Å². The number of nitrogens with one attached hydrogen (secondary N) is 1. The summed E-state index contributed by atoms with van der Waals surface area (Å²) < 4.78 is 5.54. The number of carbonyl (C=O) groups is 1. The normalized spacial score (nSPS) is 15.7. The van der Waals surface area contributed by atoms with Gasteiger partial charge in [-0.05, 0) is 31.4 Å². The van der Waals surface area contributed by atoms with Crippen LogP contribution >= 0.6 is 12.2 Å². The number of carbonyl (C=O) groups excluding carboxylic acids is 1. The van der Waals surface area contributed by atoms with E-state index in [4.69, 9.17) is 22.7 Å². The summed E-state index contributed by atoms with van der Waals surface area (Å²) in [7, 11) is 0. The molecular formula is C15H20N2O2S. The molecule has 1 amide bonds. The highest BCUT2D eigenvalue weighted by molar-refractivity contribution is 7.80. The van der Waals surface area contributed by atoms with Crippen molar-refractivity contribution in [2.75, 3.05) is 11.9 Å². The third-order valence-electron chi connectivity index (χ3n) is 3.37. The summed E-state index contributed by atoms with van der Waals surface area (Å²) in [6, 6.07) is 7.18. The number of hydrogen-bond acceptors (Lipinski definition) is 3. The zero-order chi connectivity index (χ0) is 14.5. The number of benzene rings is 1. The predicted octanol–water partition coefficient (Wildman–Crippen LogP) is 2.46. The van der Waals surface area contributed by atoms with E-state index < -0.39 is 6.10 Å². The third kappa shape index (κ3) is 4.58. The standard InChI is InChI=1S/C15H20N2O2S/c1-10(19-8-7-11-5-6-11)15(18)17-13-4-2-3-12(9-13)14(16)20/h2-4,9-11H,5-8H2,1H3,(H2,16,20)(H,17,18). The van der Waals surface area contributed by atoms with Crippen molar-refractivity contribution < 1.29 is 9.53 Å². The molecule has 1 aliphatic carbocycles. The highest BCUT2D eigenvalue weighted by Gasteiger charge is 2.22. The zero-order valence-corrected chi connectivity index (χ0v) is 12.4. The van der Waals surface area contributed by atoms with Crippen LogP contribution in [0.25, 0.3) is 0 Å². The quantitative estimate of drug-likeness (QED) is 0.758. The molecule has 5 heteroatoms. The predicted molar refractivity (Wildman–Crippen MR) is 83.7 cm³/mol. The number of amides is 1. The molecule has 1 aliphatic rings. The van der Waals surface area contributed by atoms with Gasteiger partial charge in [0.1, 0.15) is 11.1 Å². The van der Waals surface area contributed by atoms with Crippen molar-refractivity contribution in [2.24, 2.45) is 11.7 Å². The van der Waals surface area contributed by atoms with E-state index in [1.54, 1.807) is 19.1 Å². The summed E-state index contributed by atoms with van der Waals surface area (Å²) in [5.74, 6) is 0.661. The van der Waals surface area contributed by atoms with Crippen LogP contribution in [0.1, 0.15) is 31.7 Å². The molecule has 3 N–H and O–H groups in total. The minimum Gasteiger partial charge on any atom is -0.389 e. The van der Waals surface area contributed by atoms with Crippen LogP contribution in [-0.4, -0.2) is 23.6 Å². The van der Waals surface area contributed by atoms with E-state index in [1.807, 2.05) is 12.1 Å². The average Bonchev–Trinajstić information content (AvgIpc) is 3.23. The van der Waals surface area contributed by atoms with Gasteiger partial charge in [-0.15, -0.1) is 0 Å². The molecule has 1 atom stereocenters. The largest absolute Gasteiger partial charge is 0.389 e. The fourth-order valence-electron chi connectivity index (χ4n) is 1.89. The Labute approximate surface area is 124 Å². The second-order valence-electron chi connectivity index (χ2n) is 5.18. The van der Waals surface area contributed by atoms with Crippen LogP contribution in [0, 0.1) is 5.92 Å². The van der Waals surface area contributed by atoms with Crippen LogP contribution in [-0.2, 0) is 9.53 Å². The fourth-order valence-corrected chi connectivity index (χ4v) is 2.01. The van der Waals surface area contributed by atoms with Crippen molar-refractivity contribution in [3.63, 3.8) is 0 Å². The van der Waals surface area contributed by atoms with Crippen LogP contribution < -0.4 is 11.1 Å². The molecule has 1 aromatic rings. The molecule has 0 spiro atoms. The molecule has 0 radical (unpaired) electrons. The number of hydrogen-bond donors (Lipinski definition) is 2. The van der Waals surface area contributed by atoms with Crippen molar-refractivity contribution >= 4 is 28.8 Å². The summed E-state index contributed by atoms with van der Waals surface area (Å²) in [5.41, 5.74) is 6.98. The van der Waals surface area contributed by atoms with Crippen molar-refractivity contribution in [3.8, 4) is 0 Å². The first-order chi connectivity index (χ1) is 9.56. The maximum atomic E-state index is 12.0. The van der Waals surface area contributed by atoms with Crippen LogP contribution in [0.3, 0.4) is 0 Å². The number of anilines is 1. The van der Waals surface area contributed by atoms with E-state index in [2.05, 4.69) is 5.32 Å². The first-order valence-corrected chi connectivity index (χ1v) is 7.29. The lowest BCUT2D eigenvalue weighted by atomic mass is 10.2. The van der Waals surface area contributed by atoms with Crippen LogP contribution in [0.4, 0.5) is 5.69 Å². The zero-order valence-electron chi connectivity index (χ0n) is 11.6. The van der Waals surface area contributed by atoms with Gasteiger partial charge in [0, 0.05) is 17.9 Å². The topological polar surface area (TPSA) is 64.3 Å². The molecule has 2 rings (SSSR count). The van der Waals surface area contributed by atoms with E-state index in [-0.39, 0.29) is 5.91 Å². The van der Waals surface area contributed by atoms with Gasteiger partial charge in [0.2, 0.25) is 0 Å². The Morgan fingerprint density at radius 2 is 2.30 bits per heavy atom.